The van der Waals surface area contributed by atoms with Crippen molar-refractivity contribution in [3.63, 3.8) is 0 Å². The third-order valence-electron chi connectivity index (χ3n) is 2.17. The Hall–Kier alpha value is -1.86. The van der Waals surface area contributed by atoms with Crippen LogP contribution in [0.25, 0.3) is 0 Å². The molecule has 0 atom stereocenters. The van der Waals surface area contributed by atoms with E-state index in [1.807, 2.05) is 27.7 Å². The van der Waals surface area contributed by atoms with Crippen molar-refractivity contribution in [2.45, 2.75) is 34.6 Å². The van der Waals surface area contributed by atoms with Gasteiger partial charge in [-0.05, 0) is 13.5 Å². The normalized spacial score (nSPS) is 12.1. The lowest BCUT2D eigenvalue weighted by molar-refractivity contribution is 0.433. The quantitative estimate of drug-likeness (QED) is 0.607. The number of hydrogen-bond donors (Lipinski definition) is 0. The molecule has 0 amide bonds. The molecule has 0 aromatic rings. The van der Waals surface area contributed by atoms with Gasteiger partial charge in [-0.1, -0.05) is 52.3 Å². The van der Waals surface area contributed by atoms with Crippen LogP contribution >= 0.6 is 0 Å². The number of rotatable bonds is 1. The molecule has 1 aliphatic rings. The van der Waals surface area contributed by atoms with E-state index in [-0.39, 0.29) is 0 Å². The summed E-state index contributed by atoms with van der Waals surface area (Å²) in [7, 11) is 0. The van der Waals surface area contributed by atoms with Crippen molar-refractivity contribution < 1.29 is 0 Å². The summed E-state index contributed by atoms with van der Waals surface area (Å²) < 4.78 is 0. The van der Waals surface area contributed by atoms with Gasteiger partial charge in [-0.2, -0.15) is 0 Å². The summed E-state index contributed by atoms with van der Waals surface area (Å²) in [5, 5.41) is 0. The first-order valence-electron chi connectivity index (χ1n) is 6.48. The zero-order valence-corrected chi connectivity index (χ0v) is 12.5. The topological polar surface area (TPSA) is 3.24 Å². The van der Waals surface area contributed by atoms with Crippen LogP contribution in [0.15, 0.2) is 59.5 Å². The monoisotopic (exact) mass is 243 g/mol. The Kier molecular flexibility index (Phi) is 11.9. The SMILES string of the molecule is C=C=C=C1CN(CC)C(=C=C)C1=C=C.CC.CC. The molecule has 1 rings (SSSR count). The Bertz CT molecular complexity index is 428. The van der Waals surface area contributed by atoms with E-state index in [9.17, 15) is 0 Å². The van der Waals surface area contributed by atoms with Crippen molar-refractivity contribution in [1.82, 2.24) is 4.90 Å². The zero-order valence-electron chi connectivity index (χ0n) is 12.5. The molecular weight excluding hydrogens is 218 g/mol. The van der Waals surface area contributed by atoms with Gasteiger partial charge in [0.1, 0.15) is 0 Å². The van der Waals surface area contributed by atoms with E-state index in [4.69, 9.17) is 0 Å². The second-order valence-electron chi connectivity index (χ2n) is 2.87. The number of likely N-dealkylation sites (tertiary alicyclic amines) is 1. The number of nitrogens with zero attached hydrogens (tertiary/aromatic N) is 1. The maximum atomic E-state index is 3.66. The summed E-state index contributed by atoms with van der Waals surface area (Å²) in [4.78, 5) is 2.14. The molecule has 1 aliphatic heterocycles. The summed E-state index contributed by atoms with van der Waals surface area (Å²) in [5.41, 5.74) is 14.3. The minimum atomic E-state index is 0.786. The zero-order chi connectivity index (χ0) is 14.6. The second kappa shape index (κ2) is 11.6. The van der Waals surface area contributed by atoms with Crippen molar-refractivity contribution in [2.24, 2.45) is 0 Å². The van der Waals surface area contributed by atoms with Gasteiger partial charge in [-0.25, -0.2) is 0 Å². The van der Waals surface area contributed by atoms with Crippen molar-refractivity contribution in [2.75, 3.05) is 13.1 Å². The van der Waals surface area contributed by atoms with Crippen LogP contribution in [0, 0.1) is 0 Å². The Balaban J connectivity index is 0. The van der Waals surface area contributed by atoms with Gasteiger partial charge in [0.25, 0.3) is 0 Å². The summed E-state index contributed by atoms with van der Waals surface area (Å²) in [5.74, 6) is 0. The number of allylic oxidation sites excluding steroid dienone is 1. The van der Waals surface area contributed by atoms with Gasteiger partial charge in [0.05, 0.1) is 17.8 Å². The Labute approximate surface area is 113 Å². The van der Waals surface area contributed by atoms with E-state index in [0.29, 0.717) is 0 Å². The lowest BCUT2D eigenvalue weighted by Crippen LogP contribution is -2.16. The third kappa shape index (κ3) is 4.56. The Morgan fingerprint density at radius 1 is 1.06 bits per heavy atom. The van der Waals surface area contributed by atoms with Crippen molar-refractivity contribution in [1.29, 1.82) is 0 Å². The van der Waals surface area contributed by atoms with Gasteiger partial charge in [-0.3, -0.25) is 0 Å². The van der Waals surface area contributed by atoms with Crippen LogP contribution in [0.3, 0.4) is 0 Å². The van der Waals surface area contributed by atoms with Gasteiger partial charge in [0.2, 0.25) is 0 Å². The van der Waals surface area contributed by atoms with Crippen LogP contribution in [0.5, 0.6) is 0 Å². The average Bonchev–Trinajstić information content (AvgIpc) is 2.80. The van der Waals surface area contributed by atoms with E-state index in [1.165, 1.54) is 0 Å². The lowest BCUT2D eigenvalue weighted by atomic mass is 10.1. The number of hydrogen-bond acceptors (Lipinski definition) is 1. The molecule has 0 aromatic carbocycles. The van der Waals surface area contributed by atoms with Crippen LogP contribution in [0.2, 0.25) is 0 Å². The molecule has 98 valence electrons. The molecule has 0 aliphatic carbocycles. The standard InChI is InChI=1S/C13H13N.2C2H6/c1-5-9-11-10-14(8-4)13(7-3)12(11)6-2;2*1-2/h1-3,8,10H2,4H3;2*1-2H3. The maximum absolute atomic E-state index is 3.66. The average molecular weight is 243 g/mol. The molecule has 0 saturated carbocycles. The first kappa shape index (κ1) is 18.5. The van der Waals surface area contributed by atoms with E-state index in [2.05, 4.69) is 54.5 Å². The highest BCUT2D eigenvalue weighted by atomic mass is 15.2. The van der Waals surface area contributed by atoms with Crippen LogP contribution in [-0.2, 0) is 0 Å². The fourth-order valence-corrected chi connectivity index (χ4v) is 1.52. The second-order valence-corrected chi connectivity index (χ2v) is 2.87. The molecule has 0 aromatic heterocycles. The molecular formula is C17H25N. The summed E-state index contributed by atoms with van der Waals surface area (Å²) >= 11 is 0. The molecule has 1 heteroatoms. The van der Waals surface area contributed by atoms with Gasteiger partial charge in [-0.15, -0.1) is 11.5 Å². The summed E-state index contributed by atoms with van der Waals surface area (Å²) in [6.45, 7) is 22.6. The van der Waals surface area contributed by atoms with Crippen LogP contribution in [-0.4, -0.2) is 18.0 Å². The molecule has 18 heavy (non-hydrogen) atoms. The lowest BCUT2D eigenvalue weighted by Gasteiger charge is -2.13. The van der Waals surface area contributed by atoms with Crippen LogP contribution in [0.1, 0.15) is 34.6 Å². The predicted octanol–water partition coefficient (Wildman–Crippen LogP) is 4.62. The van der Waals surface area contributed by atoms with Gasteiger partial charge >= 0.3 is 0 Å². The van der Waals surface area contributed by atoms with Gasteiger partial charge in [0, 0.05) is 12.1 Å². The summed E-state index contributed by atoms with van der Waals surface area (Å²) in [6, 6.07) is 0. The third-order valence-corrected chi connectivity index (χ3v) is 2.17. The highest BCUT2D eigenvalue weighted by Gasteiger charge is 2.24. The fraction of sp³-hybridized carbons (Fsp3) is 0.412. The molecule has 0 radical (unpaired) electrons. The van der Waals surface area contributed by atoms with E-state index in [0.717, 1.165) is 29.9 Å². The molecule has 1 fully saturated rings. The van der Waals surface area contributed by atoms with Crippen molar-refractivity contribution in [3.8, 4) is 0 Å². The molecule has 0 N–H and O–H groups in total. The van der Waals surface area contributed by atoms with Crippen molar-refractivity contribution >= 4 is 0 Å². The first-order valence-corrected chi connectivity index (χ1v) is 6.48. The molecule has 1 heterocycles. The van der Waals surface area contributed by atoms with Gasteiger partial charge in [0.15, 0.2) is 0 Å². The molecule has 1 saturated heterocycles. The smallest absolute Gasteiger partial charge is 0.0959 e. The van der Waals surface area contributed by atoms with Crippen LogP contribution < -0.4 is 0 Å². The van der Waals surface area contributed by atoms with Gasteiger partial charge < -0.3 is 4.90 Å². The number of likely N-dealkylation sites (N-methyl/N-ethyl adjacent to an activating group) is 1. The molecule has 1 nitrogen and oxygen atoms in total. The van der Waals surface area contributed by atoms with E-state index in [1.54, 1.807) is 0 Å². The maximum Gasteiger partial charge on any atom is 0.0959 e. The van der Waals surface area contributed by atoms with Crippen LogP contribution in [0.4, 0.5) is 0 Å². The predicted molar refractivity (Wildman–Crippen MR) is 81.4 cm³/mol. The summed E-state index contributed by atoms with van der Waals surface area (Å²) in [6.07, 6.45) is 0. The largest absolute Gasteiger partial charge is 0.359 e. The molecule has 0 unspecified atom stereocenters. The molecule has 0 spiro atoms. The minimum absolute atomic E-state index is 0.786. The molecule has 0 bridgehead atoms. The van der Waals surface area contributed by atoms with Crippen molar-refractivity contribution in [3.05, 3.63) is 59.5 Å². The Morgan fingerprint density at radius 2 is 1.61 bits per heavy atom. The Morgan fingerprint density at radius 3 is 1.94 bits per heavy atom. The van der Waals surface area contributed by atoms with E-state index < -0.39 is 0 Å². The highest BCUT2D eigenvalue weighted by Crippen LogP contribution is 2.29. The minimum Gasteiger partial charge on any atom is -0.359 e. The fourth-order valence-electron chi connectivity index (χ4n) is 1.52. The first-order chi connectivity index (χ1) is 8.78. The van der Waals surface area contributed by atoms with E-state index >= 15 is 0 Å². The highest BCUT2D eigenvalue weighted by molar-refractivity contribution is 5.50.